The number of rotatable bonds is 12. The smallest absolute Gasteiger partial charge is 0.304 e. The number of nitrogens with one attached hydrogen (secondary N) is 1. The third-order valence-electron chi connectivity index (χ3n) is 5.85. The number of hydrogen-bond donors (Lipinski definition) is 1. The molecule has 0 saturated carbocycles. The maximum absolute atomic E-state index is 13.8. The molecule has 0 radical (unpaired) electrons. The van der Waals surface area contributed by atoms with Crippen molar-refractivity contribution < 1.29 is 22.4 Å². The third kappa shape index (κ3) is 7.27. The van der Waals surface area contributed by atoms with Crippen LogP contribution in [-0.4, -0.2) is 62.7 Å². The number of carbonyl (C=O) groups excluding carboxylic acids is 2. The van der Waals surface area contributed by atoms with Gasteiger partial charge in [0.1, 0.15) is 18.4 Å². The van der Waals surface area contributed by atoms with Crippen LogP contribution < -0.4 is 9.62 Å². The summed E-state index contributed by atoms with van der Waals surface area (Å²) in [7, 11) is -1.23. The number of anilines is 1. The Balaban J connectivity index is 2.53. The minimum atomic E-state index is -4.04. The van der Waals surface area contributed by atoms with Gasteiger partial charge in [-0.05, 0) is 61.6 Å². The van der Waals surface area contributed by atoms with E-state index in [1.165, 1.54) is 31.1 Å². The summed E-state index contributed by atoms with van der Waals surface area (Å²) >= 11 is 0. The Hall–Kier alpha value is -2.98. The van der Waals surface area contributed by atoms with Crippen LogP contribution in [0.5, 0.6) is 0 Å². The highest BCUT2D eigenvalue weighted by Gasteiger charge is 2.34. The van der Waals surface area contributed by atoms with Crippen molar-refractivity contribution in [2.45, 2.75) is 53.1 Å². The van der Waals surface area contributed by atoms with Crippen LogP contribution in [0, 0.1) is 19.7 Å². The van der Waals surface area contributed by atoms with Crippen LogP contribution in [0.4, 0.5) is 10.1 Å². The zero-order chi connectivity index (χ0) is 27.0. The molecule has 1 atom stereocenters. The van der Waals surface area contributed by atoms with Crippen molar-refractivity contribution in [3.63, 3.8) is 0 Å². The molecule has 198 valence electrons. The van der Waals surface area contributed by atoms with E-state index in [0.29, 0.717) is 29.8 Å². The van der Waals surface area contributed by atoms with Crippen LogP contribution in [0.25, 0.3) is 0 Å². The van der Waals surface area contributed by atoms with Crippen LogP contribution in [0.2, 0.25) is 0 Å². The van der Waals surface area contributed by atoms with Crippen molar-refractivity contribution >= 4 is 27.7 Å². The molecule has 2 amide bonds. The van der Waals surface area contributed by atoms with Gasteiger partial charge in [0.15, 0.2) is 0 Å². The van der Waals surface area contributed by atoms with Crippen LogP contribution >= 0.6 is 0 Å². The fourth-order valence-electron chi connectivity index (χ4n) is 3.76. The van der Waals surface area contributed by atoms with Gasteiger partial charge in [-0.15, -0.1) is 0 Å². The van der Waals surface area contributed by atoms with E-state index in [-0.39, 0.29) is 12.5 Å². The Kier molecular flexibility index (Phi) is 10.4. The zero-order valence-electron chi connectivity index (χ0n) is 21.9. The molecule has 0 spiro atoms. The summed E-state index contributed by atoms with van der Waals surface area (Å²) in [5, 5.41) is 2.83. The summed E-state index contributed by atoms with van der Waals surface area (Å²) in [6, 6.07) is 10.2. The fourth-order valence-corrected chi connectivity index (χ4v) is 4.88. The second kappa shape index (κ2) is 12.8. The Morgan fingerprint density at radius 3 is 2.22 bits per heavy atom. The van der Waals surface area contributed by atoms with Gasteiger partial charge in [0.05, 0.1) is 5.69 Å². The molecule has 0 unspecified atom stereocenters. The molecule has 0 bridgehead atoms. The van der Waals surface area contributed by atoms with Gasteiger partial charge in [-0.2, -0.15) is 12.7 Å². The summed E-state index contributed by atoms with van der Waals surface area (Å²) in [5.74, 6) is -1.27. The van der Waals surface area contributed by atoms with E-state index in [9.17, 15) is 22.4 Å². The molecule has 0 heterocycles. The molecule has 1 N–H and O–H groups in total. The van der Waals surface area contributed by atoms with Gasteiger partial charge in [0, 0.05) is 27.2 Å². The molecule has 0 aliphatic rings. The number of benzene rings is 2. The van der Waals surface area contributed by atoms with Gasteiger partial charge in [-0.3, -0.25) is 9.59 Å². The van der Waals surface area contributed by atoms with E-state index < -0.39 is 34.5 Å². The standard InChI is InChI=1S/C26H37FN4O4S/c1-7-15-28-26(33)23(8-2)30(17-21-11-13-22(27)14-12-21)25(32)18-31(36(34,35)29(5)6)24-16-19(3)9-10-20(24)4/h9-14,16,23H,7-8,15,17-18H2,1-6H3,(H,28,33)/t23-/m1/s1. The first kappa shape index (κ1) is 29.3. The molecule has 0 aromatic heterocycles. The number of halogens is 1. The Morgan fingerprint density at radius 1 is 1.03 bits per heavy atom. The maximum atomic E-state index is 13.8. The predicted octanol–water partition coefficient (Wildman–Crippen LogP) is 3.39. The number of nitrogens with zero attached hydrogens (tertiary/aromatic N) is 3. The maximum Gasteiger partial charge on any atom is 0.304 e. The van der Waals surface area contributed by atoms with E-state index in [1.807, 2.05) is 19.9 Å². The summed E-state index contributed by atoms with van der Waals surface area (Å²) in [5.41, 5.74) is 2.55. The molecule has 2 aromatic rings. The highest BCUT2D eigenvalue weighted by molar-refractivity contribution is 7.90. The summed E-state index contributed by atoms with van der Waals surface area (Å²) in [6.45, 7) is 7.33. The average Bonchev–Trinajstić information content (AvgIpc) is 2.83. The minimum Gasteiger partial charge on any atom is -0.354 e. The van der Waals surface area contributed by atoms with Crippen molar-refractivity contribution in [3.8, 4) is 0 Å². The highest BCUT2D eigenvalue weighted by Crippen LogP contribution is 2.26. The van der Waals surface area contributed by atoms with Crippen LogP contribution in [0.3, 0.4) is 0 Å². The van der Waals surface area contributed by atoms with Gasteiger partial charge in [0.2, 0.25) is 11.8 Å². The summed E-state index contributed by atoms with van der Waals surface area (Å²) in [6.07, 6.45) is 1.06. The highest BCUT2D eigenvalue weighted by atomic mass is 32.2. The van der Waals surface area contributed by atoms with E-state index >= 15 is 0 Å². The number of hydrogen-bond acceptors (Lipinski definition) is 4. The van der Waals surface area contributed by atoms with Gasteiger partial charge < -0.3 is 10.2 Å². The lowest BCUT2D eigenvalue weighted by molar-refractivity contribution is -0.140. The first-order chi connectivity index (χ1) is 16.9. The predicted molar refractivity (Wildman–Crippen MR) is 140 cm³/mol. The number of amides is 2. The molecule has 0 aliphatic carbocycles. The minimum absolute atomic E-state index is 0.0276. The van der Waals surface area contributed by atoms with Crippen LogP contribution in [0.15, 0.2) is 42.5 Å². The quantitative estimate of drug-likeness (QED) is 0.465. The molecule has 10 heteroatoms. The van der Waals surface area contributed by atoms with E-state index in [0.717, 1.165) is 20.6 Å². The lowest BCUT2D eigenvalue weighted by Crippen LogP contribution is -2.53. The molecule has 0 fully saturated rings. The van der Waals surface area contributed by atoms with Crippen molar-refractivity contribution in [2.24, 2.45) is 0 Å². The van der Waals surface area contributed by atoms with Crippen LogP contribution in [0.1, 0.15) is 43.4 Å². The van der Waals surface area contributed by atoms with Crippen molar-refractivity contribution in [1.29, 1.82) is 0 Å². The van der Waals surface area contributed by atoms with Gasteiger partial charge >= 0.3 is 10.2 Å². The van der Waals surface area contributed by atoms with E-state index in [2.05, 4.69) is 5.32 Å². The molecule has 2 aromatic carbocycles. The van der Waals surface area contributed by atoms with Crippen molar-refractivity contribution in [3.05, 3.63) is 65.0 Å². The monoisotopic (exact) mass is 520 g/mol. The molecule has 2 rings (SSSR count). The first-order valence-corrected chi connectivity index (χ1v) is 13.4. The van der Waals surface area contributed by atoms with E-state index in [4.69, 9.17) is 0 Å². The number of carbonyl (C=O) groups is 2. The van der Waals surface area contributed by atoms with Crippen molar-refractivity contribution in [1.82, 2.24) is 14.5 Å². The summed E-state index contributed by atoms with van der Waals surface area (Å²) in [4.78, 5) is 28.1. The Labute approximate surface area is 214 Å². The average molecular weight is 521 g/mol. The lowest BCUT2D eigenvalue weighted by Gasteiger charge is -2.34. The first-order valence-electron chi connectivity index (χ1n) is 12.0. The normalized spacial score (nSPS) is 12.3. The molecule has 36 heavy (non-hydrogen) atoms. The third-order valence-corrected chi connectivity index (χ3v) is 7.66. The zero-order valence-corrected chi connectivity index (χ0v) is 22.7. The van der Waals surface area contributed by atoms with E-state index in [1.54, 1.807) is 38.1 Å². The summed E-state index contributed by atoms with van der Waals surface area (Å²) < 4.78 is 42.3. The molecule has 8 nitrogen and oxygen atoms in total. The number of aryl methyl sites for hydroxylation is 2. The molecular formula is C26H37FN4O4S. The van der Waals surface area contributed by atoms with Gasteiger partial charge in [0.25, 0.3) is 0 Å². The Bertz CT molecular complexity index is 1150. The molecule has 0 saturated heterocycles. The second-order valence-corrected chi connectivity index (χ2v) is 11.0. The SMILES string of the molecule is CCCNC(=O)[C@@H](CC)N(Cc1ccc(F)cc1)C(=O)CN(c1cc(C)ccc1C)S(=O)(=O)N(C)C. The van der Waals surface area contributed by atoms with Crippen molar-refractivity contribution in [2.75, 3.05) is 31.5 Å². The lowest BCUT2D eigenvalue weighted by atomic mass is 10.1. The molecule has 0 aliphatic heterocycles. The fraction of sp³-hybridized carbons (Fsp3) is 0.462. The second-order valence-electron chi connectivity index (χ2n) is 8.95. The topological polar surface area (TPSA) is 90.0 Å². The largest absolute Gasteiger partial charge is 0.354 e. The molecular weight excluding hydrogens is 483 g/mol. The van der Waals surface area contributed by atoms with Crippen LogP contribution in [-0.2, 0) is 26.3 Å². The van der Waals surface area contributed by atoms with Gasteiger partial charge in [-0.25, -0.2) is 8.70 Å². The van der Waals surface area contributed by atoms with Gasteiger partial charge in [-0.1, -0.05) is 38.1 Å². The Morgan fingerprint density at radius 2 is 1.67 bits per heavy atom.